The maximum absolute atomic E-state index is 11.9. The lowest BCUT2D eigenvalue weighted by Gasteiger charge is -2.04. The van der Waals surface area contributed by atoms with Crippen molar-refractivity contribution < 1.29 is 17.4 Å². The minimum atomic E-state index is -3.19. The minimum absolute atomic E-state index is 0.0667. The summed E-state index contributed by atoms with van der Waals surface area (Å²) in [4.78, 5) is 11.9. The highest BCUT2D eigenvalue weighted by molar-refractivity contribution is 7.92. The third-order valence-electron chi connectivity index (χ3n) is 2.20. The second-order valence-electron chi connectivity index (χ2n) is 3.97. The summed E-state index contributed by atoms with van der Waals surface area (Å²) in [7, 11) is -4.73. The number of Topliss-reactive ketones (excluding diaryl/α,β-unsaturated/α-hetero) is 1. The summed E-state index contributed by atoms with van der Waals surface area (Å²) in [6, 6.07) is 4.43. The van der Waals surface area contributed by atoms with Gasteiger partial charge in [0.2, 0.25) is 0 Å². The van der Waals surface area contributed by atoms with Crippen molar-refractivity contribution in [3.05, 3.63) is 33.8 Å². The van der Waals surface area contributed by atoms with Crippen molar-refractivity contribution in [3.63, 3.8) is 0 Å². The second kappa shape index (κ2) is 6.83. The smallest absolute Gasteiger partial charge is 0.176 e. The molecule has 0 bridgehead atoms. The van der Waals surface area contributed by atoms with Gasteiger partial charge < -0.3 is 0 Å². The van der Waals surface area contributed by atoms with Crippen LogP contribution in [0, 0.1) is 0 Å². The molecule has 0 aliphatic carbocycles. The lowest BCUT2D eigenvalue weighted by atomic mass is 10.1. The van der Waals surface area contributed by atoms with Gasteiger partial charge in [-0.1, -0.05) is 23.2 Å². The fourth-order valence-corrected chi connectivity index (χ4v) is 4.19. The third-order valence-corrected chi connectivity index (χ3v) is 5.22. The molecule has 0 spiro atoms. The Morgan fingerprint density at radius 2 is 1.95 bits per heavy atom. The van der Waals surface area contributed by atoms with Crippen LogP contribution in [0.15, 0.2) is 18.2 Å². The highest BCUT2D eigenvalue weighted by atomic mass is 35.5. The van der Waals surface area contributed by atoms with E-state index in [1.165, 1.54) is 12.1 Å². The summed E-state index contributed by atoms with van der Waals surface area (Å²) >= 11 is 11.6. The van der Waals surface area contributed by atoms with Crippen LogP contribution in [0.3, 0.4) is 0 Å². The number of carbonyl (C=O) groups is 1. The Morgan fingerprint density at radius 3 is 2.53 bits per heavy atom. The molecule has 1 unspecified atom stereocenters. The van der Waals surface area contributed by atoms with Crippen LogP contribution in [0.2, 0.25) is 10.0 Å². The average Bonchev–Trinajstić information content (AvgIpc) is 2.28. The van der Waals surface area contributed by atoms with E-state index in [4.69, 9.17) is 23.2 Å². The number of rotatable bonds is 6. The molecule has 0 aliphatic heterocycles. The molecule has 0 aliphatic rings. The maximum Gasteiger partial charge on any atom is 0.176 e. The predicted octanol–water partition coefficient (Wildman–Crippen LogP) is 1.97. The number of halogens is 2. The van der Waals surface area contributed by atoms with E-state index in [9.17, 15) is 17.4 Å². The van der Waals surface area contributed by atoms with Crippen molar-refractivity contribution >= 4 is 49.6 Å². The van der Waals surface area contributed by atoms with Crippen LogP contribution < -0.4 is 0 Å². The number of hydrogen-bond acceptors (Lipinski definition) is 4. The summed E-state index contributed by atoms with van der Waals surface area (Å²) in [6.07, 6.45) is 1.06. The highest BCUT2D eigenvalue weighted by Crippen LogP contribution is 2.21. The van der Waals surface area contributed by atoms with Crippen LogP contribution in [-0.2, 0) is 20.6 Å². The van der Waals surface area contributed by atoms with Crippen molar-refractivity contribution in [1.82, 2.24) is 0 Å². The molecule has 0 saturated carbocycles. The largest absolute Gasteiger partial charge is 0.293 e. The first kappa shape index (κ1) is 16.6. The second-order valence-corrected chi connectivity index (χ2v) is 8.65. The van der Waals surface area contributed by atoms with Gasteiger partial charge in [0.15, 0.2) is 5.78 Å². The molecule has 1 aromatic rings. The monoisotopic (exact) mass is 342 g/mol. The van der Waals surface area contributed by atoms with E-state index < -0.39 is 26.4 Å². The van der Waals surface area contributed by atoms with E-state index in [2.05, 4.69) is 0 Å². The van der Waals surface area contributed by atoms with Gasteiger partial charge in [0.1, 0.15) is 9.84 Å². The van der Waals surface area contributed by atoms with Gasteiger partial charge >= 0.3 is 0 Å². The van der Waals surface area contributed by atoms with Crippen LogP contribution >= 0.6 is 23.2 Å². The van der Waals surface area contributed by atoms with Gasteiger partial charge in [-0.25, -0.2) is 8.42 Å². The van der Waals surface area contributed by atoms with Crippen molar-refractivity contribution in [2.45, 2.75) is 0 Å². The fraction of sp³-hybridized carbons (Fsp3) is 0.364. The first-order valence-corrected chi connectivity index (χ1v) is 9.50. The lowest BCUT2D eigenvalue weighted by molar-refractivity contribution is 0.102. The first-order valence-electron chi connectivity index (χ1n) is 5.20. The number of carbonyl (C=O) groups excluding carboxylic acids is 1. The van der Waals surface area contributed by atoms with Crippen LogP contribution in [0.5, 0.6) is 0 Å². The molecule has 19 heavy (non-hydrogen) atoms. The summed E-state index contributed by atoms with van der Waals surface area (Å²) in [5, 5.41) is 0.587. The standard InChI is InChI=1S/C11H12Cl2O4S2/c1-19(16,17)5-4-18(15)7-11(14)9-6-8(12)2-3-10(9)13/h2-3,6H,4-5,7H2,1H3. The zero-order chi connectivity index (χ0) is 14.6. The Labute approximate surface area is 124 Å². The summed E-state index contributed by atoms with van der Waals surface area (Å²) in [6.45, 7) is 0. The molecule has 1 atom stereocenters. The van der Waals surface area contributed by atoms with Gasteiger partial charge in [-0.2, -0.15) is 0 Å². The molecule has 106 valence electrons. The fourth-order valence-electron chi connectivity index (χ4n) is 1.25. The Balaban J connectivity index is 2.69. The van der Waals surface area contributed by atoms with Crippen LogP contribution in [0.4, 0.5) is 0 Å². The third kappa shape index (κ3) is 6.03. The normalized spacial score (nSPS) is 13.2. The van der Waals surface area contributed by atoms with E-state index in [1.54, 1.807) is 6.07 Å². The van der Waals surface area contributed by atoms with E-state index in [1.807, 2.05) is 0 Å². The number of hydrogen-bond donors (Lipinski definition) is 0. The van der Waals surface area contributed by atoms with Gasteiger partial charge in [-0.05, 0) is 18.2 Å². The Hall–Kier alpha value is -0.430. The molecule has 0 N–H and O–H groups in total. The van der Waals surface area contributed by atoms with E-state index in [-0.39, 0.29) is 27.8 Å². The van der Waals surface area contributed by atoms with Crippen molar-refractivity contribution in [3.8, 4) is 0 Å². The molecule has 0 amide bonds. The maximum atomic E-state index is 11.9. The van der Waals surface area contributed by atoms with Crippen molar-refractivity contribution in [1.29, 1.82) is 0 Å². The van der Waals surface area contributed by atoms with Gasteiger partial charge in [0.25, 0.3) is 0 Å². The molecule has 4 nitrogen and oxygen atoms in total. The SMILES string of the molecule is CS(=O)(=O)CCS(=O)CC(=O)c1cc(Cl)ccc1Cl. The number of benzene rings is 1. The van der Waals surface area contributed by atoms with E-state index in [0.29, 0.717) is 5.02 Å². The Kier molecular flexibility index (Phi) is 5.98. The molecule has 1 aromatic carbocycles. The zero-order valence-corrected chi connectivity index (χ0v) is 13.2. The summed E-state index contributed by atoms with van der Waals surface area (Å²) in [5.74, 6) is -0.964. The molecular weight excluding hydrogens is 331 g/mol. The quantitative estimate of drug-likeness (QED) is 0.741. The lowest BCUT2D eigenvalue weighted by Crippen LogP contribution is -2.18. The van der Waals surface area contributed by atoms with Crippen LogP contribution in [0.1, 0.15) is 10.4 Å². The van der Waals surface area contributed by atoms with Crippen molar-refractivity contribution in [2.24, 2.45) is 0 Å². The minimum Gasteiger partial charge on any atom is -0.293 e. The molecule has 0 aromatic heterocycles. The van der Waals surface area contributed by atoms with Crippen LogP contribution in [-0.4, -0.2) is 41.9 Å². The molecule has 8 heteroatoms. The van der Waals surface area contributed by atoms with Gasteiger partial charge in [0.05, 0.1) is 16.5 Å². The predicted molar refractivity (Wildman–Crippen MR) is 78.4 cm³/mol. The first-order chi connectivity index (χ1) is 8.69. The molecule has 0 saturated heterocycles. The number of sulfone groups is 1. The van der Waals surface area contributed by atoms with E-state index in [0.717, 1.165) is 6.26 Å². The number of ketones is 1. The van der Waals surface area contributed by atoms with E-state index >= 15 is 0 Å². The topological polar surface area (TPSA) is 68.3 Å². The average molecular weight is 343 g/mol. The van der Waals surface area contributed by atoms with Gasteiger partial charge in [-0.3, -0.25) is 9.00 Å². The molecular formula is C11H12Cl2O4S2. The Morgan fingerprint density at radius 1 is 1.32 bits per heavy atom. The van der Waals surface area contributed by atoms with Crippen LogP contribution in [0.25, 0.3) is 0 Å². The Bertz CT molecular complexity index is 611. The van der Waals surface area contributed by atoms with Gasteiger partial charge in [-0.15, -0.1) is 0 Å². The van der Waals surface area contributed by atoms with Crippen molar-refractivity contribution in [2.75, 3.05) is 23.5 Å². The summed E-state index contributed by atoms with van der Waals surface area (Å²) in [5.41, 5.74) is 0.196. The highest BCUT2D eigenvalue weighted by Gasteiger charge is 2.15. The summed E-state index contributed by atoms with van der Waals surface area (Å²) < 4.78 is 33.5. The molecule has 0 heterocycles. The van der Waals surface area contributed by atoms with Gasteiger partial charge in [0, 0.05) is 33.4 Å². The molecule has 1 rings (SSSR count). The zero-order valence-electron chi connectivity index (χ0n) is 10.1. The molecule has 0 fully saturated rings. The molecule has 0 radical (unpaired) electrons.